The molecule has 0 radical (unpaired) electrons. The Morgan fingerprint density at radius 1 is 0.795 bits per heavy atom. The standard InChI is InChI=1S/C19H18ClP.2C5H6BrN.C4H5BrN2.CH4.Na.H/c1-21(20,17-11-5-2-6-12-17,18-13-7-3-8-14-18)19-15-9-4-10-16-19;1-4-2-7-3-5(4)6;1-4-5(6)2-3-7-4;1-3-4(5)2-6-7-3;;;/h2-16H,1H3;3H,2H2,1H3;2H,3H2,1H3;2H,1H3,(H,6,7);1H4;;/q;;;;;+1;-1. The van der Waals surface area contributed by atoms with Crippen LogP contribution >= 0.6 is 65.0 Å². The smallest absolute Gasteiger partial charge is 1.00 e. The van der Waals surface area contributed by atoms with Gasteiger partial charge in [-0.1, -0.05) is 7.43 Å². The van der Waals surface area contributed by atoms with E-state index >= 15 is 0 Å². The Balaban J connectivity index is 0.000000665. The Morgan fingerprint density at radius 3 is 1.43 bits per heavy atom. The zero-order chi connectivity index (χ0) is 30.6. The molecule has 0 fully saturated rings. The topological polar surface area (TPSA) is 53.4 Å². The molecule has 4 nitrogen and oxygen atoms in total. The molecule has 0 saturated carbocycles. The van der Waals surface area contributed by atoms with Crippen LogP contribution in [0.25, 0.3) is 0 Å². The fourth-order valence-corrected chi connectivity index (χ4v) is 9.35. The molecule has 4 aromatic rings. The van der Waals surface area contributed by atoms with Gasteiger partial charge < -0.3 is 1.43 Å². The predicted octanol–water partition coefficient (Wildman–Crippen LogP) is 7.01. The van der Waals surface area contributed by atoms with Gasteiger partial charge in [0.05, 0.1) is 23.8 Å². The normalized spacial score (nSPS) is 14.0. The Morgan fingerprint density at radius 2 is 1.25 bits per heavy atom. The Hall–Kier alpha value is -1.15. The summed E-state index contributed by atoms with van der Waals surface area (Å²) in [4.78, 5) is 8.09. The summed E-state index contributed by atoms with van der Waals surface area (Å²) in [6.07, 6.45) is 5.62. The molecule has 0 aliphatic carbocycles. The van der Waals surface area contributed by atoms with Gasteiger partial charge in [0.25, 0.3) is 0 Å². The van der Waals surface area contributed by atoms with Crippen LogP contribution in [-0.2, 0) is 0 Å². The SMILES string of the molecule is C.CC1=C(Br)C=NC1.CC1=NCC=C1Br.CP(Cl)(c1ccccc1)(c1ccccc1)c1ccccc1.Cc1[nH]ncc1Br.[H-].[Na+]. The molecule has 230 valence electrons. The second-order valence-corrected chi connectivity index (χ2v) is 19.4. The number of halogens is 4. The van der Waals surface area contributed by atoms with Gasteiger partial charge in [0.1, 0.15) is 0 Å². The molecule has 0 bridgehead atoms. The molecule has 0 atom stereocenters. The molecule has 2 aliphatic heterocycles. The Bertz CT molecular complexity index is 1440. The van der Waals surface area contributed by atoms with Gasteiger partial charge in [0.2, 0.25) is 0 Å². The first-order chi connectivity index (χ1) is 20.0. The van der Waals surface area contributed by atoms with Crippen molar-refractivity contribution in [3.05, 3.63) is 128 Å². The van der Waals surface area contributed by atoms with E-state index in [1.165, 1.54) is 21.5 Å². The monoisotopic (exact) mass is 830 g/mol. The van der Waals surface area contributed by atoms with E-state index in [1.807, 2.05) is 38.3 Å². The molecule has 1 aromatic heterocycles. The molecule has 0 saturated heterocycles. The molecule has 10 heteroatoms. The number of hydrogen-bond donors (Lipinski definition) is 1. The van der Waals surface area contributed by atoms with Crippen LogP contribution in [0.15, 0.2) is 132 Å². The van der Waals surface area contributed by atoms with E-state index in [4.69, 9.17) is 11.2 Å². The van der Waals surface area contributed by atoms with Crippen LogP contribution in [0, 0.1) is 6.92 Å². The average molecular weight is 834 g/mol. The fourth-order valence-electron chi connectivity index (χ4n) is 4.07. The third-order valence-electron chi connectivity index (χ3n) is 6.76. The summed E-state index contributed by atoms with van der Waals surface area (Å²) >= 11 is 17.4. The molecule has 2 aliphatic rings. The summed E-state index contributed by atoms with van der Waals surface area (Å²) < 4.78 is 3.33. The second-order valence-electron chi connectivity index (χ2n) is 9.85. The van der Waals surface area contributed by atoms with Crippen LogP contribution in [0.1, 0.15) is 28.4 Å². The third-order valence-corrected chi connectivity index (χ3v) is 15.7. The number of allylic oxidation sites excluding steroid dienone is 2. The minimum atomic E-state index is -2.90. The molecule has 44 heavy (non-hydrogen) atoms. The third kappa shape index (κ3) is 11.0. The first kappa shape index (κ1) is 40.9. The zero-order valence-corrected chi connectivity index (χ0v) is 33.5. The molecular weight excluding hydrogens is 794 g/mol. The number of aromatic nitrogens is 2. The van der Waals surface area contributed by atoms with E-state index in [9.17, 15) is 0 Å². The number of nitrogens with zero attached hydrogens (tertiary/aromatic N) is 3. The van der Waals surface area contributed by atoms with E-state index in [0.29, 0.717) is 0 Å². The zero-order valence-electron chi connectivity index (χ0n) is 26.1. The van der Waals surface area contributed by atoms with Crippen molar-refractivity contribution in [1.82, 2.24) is 10.2 Å². The minimum absolute atomic E-state index is 0. The van der Waals surface area contributed by atoms with Crippen molar-refractivity contribution < 1.29 is 31.0 Å². The summed E-state index contributed by atoms with van der Waals surface area (Å²) in [7, 11) is 0. The second kappa shape index (κ2) is 19.5. The molecule has 0 unspecified atom stereocenters. The number of rotatable bonds is 3. The summed E-state index contributed by atoms with van der Waals surface area (Å²) in [5.41, 5.74) is 3.50. The number of aryl methyl sites for hydroxylation is 1. The molecule has 1 N–H and O–H groups in total. The Labute approximate surface area is 316 Å². The number of hydrogen-bond acceptors (Lipinski definition) is 3. The van der Waals surface area contributed by atoms with Crippen molar-refractivity contribution in [3.8, 4) is 0 Å². The number of benzene rings is 3. The molecule has 0 spiro atoms. The van der Waals surface area contributed by atoms with Crippen LogP contribution in [0.2, 0.25) is 0 Å². The van der Waals surface area contributed by atoms with Crippen LogP contribution in [0.3, 0.4) is 0 Å². The number of aliphatic imine (C=N–C) groups is 2. The van der Waals surface area contributed by atoms with Crippen LogP contribution in [-0.4, -0.2) is 41.9 Å². The van der Waals surface area contributed by atoms with E-state index in [0.717, 1.165) is 37.9 Å². The average Bonchev–Trinajstić information content (AvgIpc) is 3.72. The van der Waals surface area contributed by atoms with E-state index in [2.05, 4.69) is 160 Å². The van der Waals surface area contributed by atoms with Crippen LogP contribution < -0.4 is 45.5 Å². The van der Waals surface area contributed by atoms with Gasteiger partial charge in [-0.05, 0) is 80.2 Å². The first-order valence-corrected chi connectivity index (χ1v) is 19.3. The van der Waals surface area contributed by atoms with E-state index in [1.54, 1.807) is 6.20 Å². The number of aromatic amines is 1. The van der Waals surface area contributed by atoms with Crippen molar-refractivity contribution in [2.24, 2.45) is 9.98 Å². The Kier molecular flexibility index (Phi) is 18.1. The van der Waals surface area contributed by atoms with Gasteiger partial charge in [0.15, 0.2) is 0 Å². The maximum Gasteiger partial charge on any atom is 1.00 e. The quantitative estimate of drug-likeness (QED) is 0.176. The van der Waals surface area contributed by atoms with Gasteiger partial charge in [-0.25, -0.2) is 0 Å². The molecule has 3 aromatic carbocycles. The van der Waals surface area contributed by atoms with Gasteiger partial charge in [-0.3, -0.25) is 15.1 Å². The van der Waals surface area contributed by atoms with Crippen LogP contribution in [0.4, 0.5) is 0 Å². The summed E-state index contributed by atoms with van der Waals surface area (Å²) in [5.74, 6) is -2.90. The largest absolute Gasteiger partial charge is 1.00 e. The maximum absolute atomic E-state index is 7.50. The van der Waals surface area contributed by atoms with Crippen molar-refractivity contribution in [1.29, 1.82) is 0 Å². The fraction of sp³-hybridized carbons (Fsp3) is 0.206. The molecule has 3 heterocycles. The summed E-state index contributed by atoms with van der Waals surface area (Å²) in [6.45, 7) is 9.96. The van der Waals surface area contributed by atoms with E-state index < -0.39 is 5.96 Å². The predicted molar refractivity (Wildman–Crippen MR) is 206 cm³/mol. The number of nitrogens with one attached hydrogen (secondary N) is 1. The van der Waals surface area contributed by atoms with E-state index in [-0.39, 0.29) is 38.4 Å². The van der Waals surface area contributed by atoms with Gasteiger partial charge in [-0.15, -0.1) is 0 Å². The first-order valence-electron chi connectivity index (χ1n) is 13.3. The van der Waals surface area contributed by atoms with Gasteiger partial charge in [0, 0.05) is 26.6 Å². The van der Waals surface area contributed by atoms with Crippen molar-refractivity contribution in [3.63, 3.8) is 0 Å². The summed E-state index contributed by atoms with van der Waals surface area (Å²) in [6, 6.07) is 31.4. The molecule has 6 rings (SSSR count). The van der Waals surface area contributed by atoms with Crippen LogP contribution in [0.5, 0.6) is 0 Å². The molecule has 0 amide bonds. The minimum Gasteiger partial charge on any atom is -1.00 e. The van der Waals surface area contributed by atoms with Crippen molar-refractivity contribution in [2.45, 2.75) is 28.2 Å². The van der Waals surface area contributed by atoms with Gasteiger partial charge >= 0.3 is 160 Å². The van der Waals surface area contributed by atoms with Crippen molar-refractivity contribution in [2.75, 3.05) is 19.8 Å². The maximum atomic E-state index is 7.50. The summed E-state index contributed by atoms with van der Waals surface area (Å²) in [5, 5.41) is 10.1. The van der Waals surface area contributed by atoms with Gasteiger partial charge in [-0.2, -0.15) is 5.10 Å². The number of H-pyrrole nitrogens is 1. The molecular formula is C34H40Br3ClN4NaP. The van der Waals surface area contributed by atoms with Crippen molar-refractivity contribution >= 4 is 92.8 Å².